The van der Waals surface area contributed by atoms with E-state index in [2.05, 4.69) is 5.32 Å². The van der Waals surface area contributed by atoms with Crippen molar-refractivity contribution in [3.63, 3.8) is 0 Å². The molecule has 1 aromatic carbocycles. The van der Waals surface area contributed by atoms with Crippen molar-refractivity contribution < 1.29 is 14.8 Å². The van der Waals surface area contributed by atoms with Gasteiger partial charge in [0.2, 0.25) is 0 Å². The number of ether oxygens (including phenoxy) is 1. The molecule has 1 unspecified atom stereocenters. The van der Waals surface area contributed by atoms with Crippen molar-refractivity contribution in [3.05, 3.63) is 27.8 Å². The van der Waals surface area contributed by atoms with Crippen LogP contribution in [-0.4, -0.2) is 35.8 Å². The Balaban J connectivity index is 2.66. The van der Waals surface area contributed by atoms with Crippen LogP contribution in [0.15, 0.2) is 12.1 Å². The highest BCUT2D eigenvalue weighted by Gasteiger charge is 2.17. The first-order valence-corrected chi connectivity index (χ1v) is 6.51. The molecule has 0 aromatic heterocycles. The van der Waals surface area contributed by atoms with Crippen LogP contribution in [0.3, 0.4) is 0 Å². The second kappa shape index (κ2) is 7.66. The van der Waals surface area contributed by atoms with Crippen LogP contribution in [0.5, 0.6) is 5.75 Å². The second-order valence-electron chi connectivity index (χ2n) is 4.62. The van der Waals surface area contributed by atoms with E-state index in [1.165, 1.54) is 6.07 Å². The summed E-state index contributed by atoms with van der Waals surface area (Å²) in [6, 6.07) is 3.01. The Morgan fingerprint density at radius 1 is 1.55 bits per heavy atom. The fourth-order valence-electron chi connectivity index (χ4n) is 1.71. The summed E-state index contributed by atoms with van der Waals surface area (Å²) in [5.41, 5.74) is 6.18. The Morgan fingerprint density at radius 2 is 2.25 bits per heavy atom. The van der Waals surface area contributed by atoms with Gasteiger partial charge in [-0.3, -0.25) is 10.1 Å². The molecule has 0 aliphatic carbocycles. The first-order chi connectivity index (χ1) is 9.45. The number of anilines is 1. The third-order valence-electron chi connectivity index (χ3n) is 2.70. The molecule has 7 heteroatoms. The van der Waals surface area contributed by atoms with Crippen molar-refractivity contribution in [2.45, 2.75) is 26.4 Å². The van der Waals surface area contributed by atoms with Crippen molar-refractivity contribution >= 4 is 11.4 Å². The number of hydrogen-bond acceptors (Lipinski definition) is 6. The molecule has 1 rings (SSSR count). The summed E-state index contributed by atoms with van der Waals surface area (Å²) in [5, 5.41) is 23.6. The molecule has 0 radical (unpaired) electrons. The van der Waals surface area contributed by atoms with E-state index in [0.717, 1.165) is 13.0 Å². The normalized spacial score (nSPS) is 12.2. The molecule has 20 heavy (non-hydrogen) atoms. The largest absolute Gasteiger partial charge is 0.488 e. The average molecular weight is 283 g/mol. The van der Waals surface area contributed by atoms with Crippen molar-refractivity contribution in [3.8, 4) is 5.75 Å². The number of nitrogen functional groups attached to an aromatic ring is 1. The molecule has 0 spiro atoms. The number of rotatable bonds is 8. The van der Waals surface area contributed by atoms with Gasteiger partial charge in [0.05, 0.1) is 4.92 Å². The smallest absolute Gasteiger partial charge is 0.296 e. The maximum atomic E-state index is 10.8. The van der Waals surface area contributed by atoms with E-state index < -0.39 is 11.0 Å². The number of benzene rings is 1. The average Bonchev–Trinajstić information content (AvgIpc) is 2.39. The van der Waals surface area contributed by atoms with E-state index in [9.17, 15) is 15.2 Å². The number of nitrogens with zero attached hydrogens (tertiary/aromatic N) is 1. The van der Waals surface area contributed by atoms with Gasteiger partial charge < -0.3 is 20.9 Å². The Hall–Kier alpha value is -1.86. The van der Waals surface area contributed by atoms with Crippen molar-refractivity contribution in [1.82, 2.24) is 5.32 Å². The number of nitrogens with two attached hydrogens (primary N) is 1. The van der Waals surface area contributed by atoms with Crippen LogP contribution in [0.2, 0.25) is 0 Å². The molecule has 0 saturated carbocycles. The summed E-state index contributed by atoms with van der Waals surface area (Å²) in [6.45, 7) is 5.00. The van der Waals surface area contributed by atoms with Crippen LogP contribution in [0, 0.1) is 17.0 Å². The Morgan fingerprint density at radius 3 is 2.85 bits per heavy atom. The standard InChI is InChI=1S/C13H21N3O4/c1-3-4-15-7-10(17)8-20-12-6-9(2)5-11(13(12)14)16(18)19/h5-6,10,15,17H,3-4,7-8,14H2,1-2H3. The molecule has 0 fully saturated rings. The highest BCUT2D eigenvalue weighted by atomic mass is 16.6. The van der Waals surface area contributed by atoms with Crippen LogP contribution in [0.1, 0.15) is 18.9 Å². The van der Waals surface area contributed by atoms with Crippen molar-refractivity contribution in [2.75, 3.05) is 25.4 Å². The van der Waals surface area contributed by atoms with Crippen LogP contribution in [0.25, 0.3) is 0 Å². The first-order valence-electron chi connectivity index (χ1n) is 6.51. The number of nitro groups is 1. The third-order valence-corrected chi connectivity index (χ3v) is 2.70. The van der Waals surface area contributed by atoms with E-state index in [4.69, 9.17) is 10.5 Å². The van der Waals surface area contributed by atoms with E-state index in [-0.39, 0.29) is 23.7 Å². The van der Waals surface area contributed by atoms with Gasteiger partial charge in [-0.15, -0.1) is 0 Å². The summed E-state index contributed by atoms with van der Waals surface area (Å²) in [7, 11) is 0. The van der Waals surface area contributed by atoms with Crippen molar-refractivity contribution in [1.29, 1.82) is 0 Å². The van der Waals surface area contributed by atoms with E-state index in [0.29, 0.717) is 12.1 Å². The summed E-state index contributed by atoms with van der Waals surface area (Å²) >= 11 is 0. The number of aliphatic hydroxyl groups excluding tert-OH is 1. The van der Waals surface area contributed by atoms with E-state index in [1.807, 2.05) is 6.92 Å². The summed E-state index contributed by atoms with van der Waals surface area (Å²) in [5.74, 6) is 0.228. The molecule has 1 atom stereocenters. The number of hydrogen-bond donors (Lipinski definition) is 3. The molecule has 0 bridgehead atoms. The molecule has 4 N–H and O–H groups in total. The lowest BCUT2D eigenvalue weighted by molar-refractivity contribution is -0.384. The molecule has 0 aliphatic heterocycles. The molecule has 0 heterocycles. The maximum Gasteiger partial charge on any atom is 0.296 e. The molecular weight excluding hydrogens is 262 g/mol. The lowest BCUT2D eigenvalue weighted by Gasteiger charge is -2.14. The quantitative estimate of drug-likeness (QED) is 0.286. The minimum atomic E-state index is -0.694. The number of nitrogens with one attached hydrogen (secondary N) is 1. The van der Waals surface area contributed by atoms with Gasteiger partial charge in [-0.25, -0.2) is 0 Å². The SMILES string of the molecule is CCCNCC(O)COc1cc(C)cc([N+](=O)[O-])c1N. The lowest BCUT2D eigenvalue weighted by Crippen LogP contribution is -2.31. The summed E-state index contributed by atoms with van der Waals surface area (Å²) in [4.78, 5) is 10.3. The fraction of sp³-hybridized carbons (Fsp3) is 0.538. The van der Waals surface area contributed by atoms with Crippen LogP contribution in [-0.2, 0) is 0 Å². The molecule has 0 aliphatic rings. The Labute approximate surface area is 117 Å². The van der Waals surface area contributed by atoms with Crippen LogP contribution in [0.4, 0.5) is 11.4 Å². The number of aryl methyl sites for hydroxylation is 1. The zero-order chi connectivity index (χ0) is 15.1. The monoisotopic (exact) mass is 283 g/mol. The van der Waals surface area contributed by atoms with E-state index >= 15 is 0 Å². The van der Waals surface area contributed by atoms with Gasteiger partial charge in [-0.1, -0.05) is 6.92 Å². The van der Waals surface area contributed by atoms with Gasteiger partial charge >= 0.3 is 0 Å². The zero-order valence-electron chi connectivity index (χ0n) is 11.8. The fourth-order valence-corrected chi connectivity index (χ4v) is 1.71. The number of nitro benzene ring substituents is 1. The molecular formula is C13H21N3O4. The topological polar surface area (TPSA) is 111 Å². The first kappa shape index (κ1) is 16.2. The van der Waals surface area contributed by atoms with Gasteiger partial charge in [-0.05, 0) is 31.5 Å². The molecule has 0 amide bonds. The highest BCUT2D eigenvalue weighted by molar-refractivity contribution is 5.68. The maximum absolute atomic E-state index is 10.8. The molecule has 1 aromatic rings. The lowest BCUT2D eigenvalue weighted by atomic mass is 10.2. The minimum absolute atomic E-state index is 0.0192. The molecule has 0 saturated heterocycles. The minimum Gasteiger partial charge on any atom is -0.488 e. The van der Waals surface area contributed by atoms with Gasteiger partial charge in [0.15, 0.2) is 5.69 Å². The van der Waals surface area contributed by atoms with Crippen molar-refractivity contribution in [2.24, 2.45) is 0 Å². The molecule has 112 valence electrons. The number of aliphatic hydroxyl groups is 1. The van der Waals surface area contributed by atoms with Gasteiger partial charge in [0.25, 0.3) is 5.69 Å². The van der Waals surface area contributed by atoms with Gasteiger partial charge in [0, 0.05) is 12.6 Å². The zero-order valence-corrected chi connectivity index (χ0v) is 11.8. The molecule has 7 nitrogen and oxygen atoms in total. The summed E-state index contributed by atoms with van der Waals surface area (Å²) < 4.78 is 5.38. The summed E-state index contributed by atoms with van der Waals surface area (Å²) in [6.07, 6.45) is 0.283. The van der Waals surface area contributed by atoms with Crippen LogP contribution < -0.4 is 15.8 Å². The Kier molecular flexibility index (Phi) is 6.20. The van der Waals surface area contributed by atoms with Gasteiger partial charge in [0.1, 0.15) is 18.5 Å². The Bertz CT molecular complexity index is 465. The predicted octanol–water partition coefficient (Wildman–Crippen LogP) is 1.22. The second-order valence-corrected chi connectivity index (χ2v) is 4.62. The van der Waals surface area contributed by atoms with Crippen LogP contribution >= 0.6 is 0 Å². The highest BCUT2D eigenvalue weighted by Crippen LogP contribution is 2.32. The predicted molar refractivity (Wildman–Crippen MR) is 76.9 cm³/mol. The van der Waals surface area contributed by atoms with E-state index in [1.54, 1.807) is 13.0 Å². The third kappa shape index (κ3) is 4.67. The van der Waals surface area contributed by atoms with Gasteiger partial charge in [-0.2, -0.15) is 0 Å².